The Balaban J connectivity index is 1.98. The van der Waals surface area contributed by atoms with Crippen LogP contribution in [0.25, 0.3) is 11.1 Å². The minimum absolute atomic E-state index is 0.223. The van der Waals surface area contributed by atoms with Crippen LogP contribution in [0.1, 0.15) is 19.3 Å². The van der Waals surface area contributed by atoms with Gasteiger partial charge < -0.3 is 20.1 Å². The highest BCUT2D eigenvalue weighted by molar-refractivity contribution is 6.32. The van der Waals surface area contributed by atoms with E-state index in [2.05, 4.69) is 20.3 Å². The van der Waals surface area contributed by atoms with Crippen LogP contribution in [0.15, 0.2) is 18.3 Å². The molecule has 1 aliphatic rings. The molecular weight excluding hydrogens is 354 g/mol. The van der Waals surface area contributed by atoms with Gasteiger partial charge >= 0.3 is 0 Å². The largest absolute Gasteiger partial charge is 0.481 e. The van der Waals surface area contributed by atoms with Gasteiger partial charge in [0, 0.05) is 44.6 Å². The molecule has 1 saturated carbocycles. The molecule has 1 aliphatic carbocycles. The van der Waals surface area contributed by atoms with Gasteiger partial charge in [0.15, 0.2) is 0 Å². The van der Waals surface area contributed by atoms with Crippen molar-refractivity contribution >= 4 is 23.4 Å². The Bertz CT molecular complexity index is 754. The second-order valence-electron chi connectivity index (χ2n) is 6.72. The molecule has 2 heterocycles. The molecular formula is C18H24ClN5O2. The van der Waals surface area contributed by atoms with Crippen LogP contribution >= 0.6 is 11.6 Å². The number of rotatable bonds is 6. The predicted octanol–water partition coefficient (Wildman–Crippen LogP) is 2.84. The van der Waals surface area contributed by atoms with Gasteiger partial charge in [0.25, 0.3) is 0 Å². The second kappa shape index (κ2) is 8.05. The van der Waals surface area contributed by atoms with Crippen LogP contribution in [0.3, 0.4) is 0 Å². The van der Waals surface area contributed by atoms with Crippen molar-refractivity contribution in [3.05, 3.63) is 23.5 Å². The zero-order chi connectivity index (χ0) is 18.7. The summed E-state index contributed by atoms with van der Waals surface area (Å²) in [6.45, 7) is 0.223. The fourth-order valence-corrected chi connectivity index (χ4v) is 3.47. The maximum atomic E-state index is 9.39. The molecule has 0 amide bonds. The first-order valence-electron chi connectivity index (χ1n) is 8.64. The van der Waals surface area contributed by atoms with E-state index in [1.54, 1.807) is 19.4 Å². The summed E-state index contributed by atoms with van der Waals surface area (Å²) in [5.41, 5.74) is 1.54. The number of methoxy groups -OCH3 is 1. The van der Waals surface area contributed by atoms with E-state index >= 15 is 0 Å². The fraction of sp³-hybridized carbons (Fsp3) is 0.500. The molecule has 8 heteroatoms. The van der Waals surface area contributed by atoms with E-state index < -0.39 is 0 Å². The molecule has 140 valence electrons. The lowest BCUT2D eigenvalue weighted by Gasteiger charge is -2.20. The molecule has 1 fully saturated rings. The van der Waals surface area contributed by atoms with Gasteiger partial charge in [-0.3, -0.25) is 0 Å². The lowest BCUT2D eigenvalue weighted by atomic mass is 10.1. The first kappa shape index (κ1) is 18.7. The summed E-state index contributed by atoms with van der Waals surface area (Å²) in [6.07, 6.45) is 4.61. The van der Waals surface area contributed by atoms with E-state index in [4.69, 9.17) is 16.3 Å². The van der Waals surface area contributed by atoms with Gasteiger partial charge in [-0.2, -0.15) is 4.98 Å². The number of pyridine rings is 1. The average molecular weight is 378 g/mol. The van der Waals surface area contributed by atoms with Gasteiger partial charge in [-0.15, -0.1) is 0 Å². The molecule has 2 N–H and O–H groups in total. The fourth-order valence-electron chi connectivity index (χ4n) is 3.20. The molecule has 2 atom stereocenters. The first-order chi connectivity index (χ1) is 12.5. The maximum absolute atomic E-state index is 9.39. The molecule has 0 saturated heterocycles. The second-order valence-corrected chi connectivity index (χ2v) is 7.08. The van der Waals surface area contributed by atoms with Crippen molar-refractivity contribution in [3.8, 4) is 17.0 Å². The smallest absolute Gasteiger partial charge is 0.228 e. The Kier molecular flexibility index (Phi) is 5.78. The summed E-state index contributed by atoms with van der Waals surface area (Å²) in [5, 5.41) is 13.3. The highest BCUT2D eigenvalue weighted by Gasteiger charge is 2.26. The van der Waals surface area contributed by atoms with E-state index in [-0.39, 0.29) is 12.6 Å². The van der Waals surface area contributed by atoms with Crippen molar-refractivity contribution < 1.29 is 9.84 Å². The number of aliphatic hydroxyl groups is 1. The van der Waals surface area contributed by atoms with E-state index in [0.717, 1.165) is 30.4 Å². The SMILES string of the molecule is COc1ccc(-c2c(Cl)nc(N(C)C)nc2N[C@H]2CC[C@@H](CO)C2)cn1. The van der Waals surface area contributed by atoms with Crippen LogP contribution in [-0.2, 0) is 0 Å². The van der Waals surface area contributed by atoms with E-state index in [1.807, 2.05) is 25.1 Å². The van der Waals surface area contributed by atoms with Crippen LogP contribution < -0.4 is 15.0 Å². The molecule has 0 unspecified atom stereocenters. The van der Waals surface area contributed by atoms with Crippen molar-refractivity contribution in [2.75, 3.05) is 38.0 Å². The Hall–Kier alpha value is -2.12. The Labute approximate surface area is 158 Å². The molecule has 26 heavy (non-hydrogen) atoms. The summed E-state index contributed by atoms with van der Waals surface area (Å²) in [6, 6.07) is 3.92. The summed E-state index contributed by atoms with van der Waals surface area (Å²) in [4.78, 5) is 15.1. The van der Waals surface area contributed by atoms with Crippen molar-refractivity contribution in [1.82, 2.24) is 15.0 Å². The standard InChI is InChI=1S/C18H24ClN5O2/c1-24(2)18-22-16(19)15(12-5-7-14(26-3)20-9-12)17(23-18)21-13-6-4-11(8-13)10-25/h5,7,9,11,13,25H,4,6,8,10H2,1-3H3,(H,21,22,23)/t11-,13+/m1/s1. The molecule has 0 spiro atoms. The number of halogens is 1. The summed E-state index contributed by atoms with van der Waals surface area (Å²) >= 11 is 6.51. The minimum Gasteiger partial charge on any atom is -0.481 e. The lowest BCUT2D eigenvalue weighted by Crippen LogP contribution is -2.20. The number of hydrogen-bond donors (Lipinski definition) is 2. The zero-order valence-corrected chi connectivity index (χ0v) is 16.0. The summed E-state index contributed by atoms with van der Waals surface area (Å²) in [5.74, 6) is 2.10. The maximum Gasteiger partial charge on any atom is 0.228 e. The number of anilines is 2. The van der Waals surface area contributed by atoms with Crippen molar-refractivity contribution in [2.45, 2.75) is 25.3 Å². The Morgan fingerprint density at radius 3 is 2.69 bits per heavy atom. The molecule has 0 bridgehead atoms. The first-order valence-corrected chi connectivity index (χ1v) is 9.02. The monoisotopic (exact) mass is 377 g/mol. The van der Waals surface area contributed by atoms with E-state index in [9.17, 15) is 5.11 Å². The quantitative estimate of drug-likeness (QED) is 0.749. The highest BCUT2D eigenvalue weighted by atomic mass is 35.5. The number of aromatic nitrogens is 3. The number of ether oxygens (including phenoxy) is 1. The number of aliphatic hydroxyl groups excluding tert-OH is 1. The summed E-state index contributed by atoms with van der Waals surface area (Å²) in [7, 11) is 5.33. The van der Waals surface area contributed by atoms with Gasteiger partial charge in [0.05, 0.1) is 12.7 Å². The van der Waals surface area contributed by atoms with Crippen LogP contribution in [0.2, 0.25) is 5.15 Å². The van der Waals surface area contributed by atoms with Crippen LogP contribution in [0.4, 0.5) is 11.8 Å². The zero-order valence-electron chi connectivity index (χ0n) is 15.2. The van der Waals surface area contributed by atoms with Gasteiger partial charge in [-0.05, 0) is 31.2 Å². The van der Waals surface area contributed by atoms with E-state index in [0.29, 0.717) is 28.7 Å². The van der Waals surface area contributed by atoms with Gasteiger partial charge in [-0.25, -0.2) is 9.97 Å². The molecule has 7 nitrogen and oxygen atoms in total. The number of nitrogens with one attached hydrogen (secondary N) is 1. The minimum atomic E-state index is 0.223. The van der Waals surface area contributed by atoms with Crippen LogP contribution in [-0.4, -0.2) is 53.9 Å². The Morgan fingerprint density at radius 2 is 2.12 bits per heavy atom. The van der Waals surface area contributed by atoms with Gasteiger partial charge in [0.2, 0.25) is 11.8 Å². The summed E-state index contributed by atoms with van der Waals surface area (Å²) < 4.78 is 5.13. The number of nitrogens with zero attached hydrogens (tertiary/aromatic N) is 4. The van der Waals surface area contributed by atoms with Crippen molar-refractivity contribution in [1.29, 1.82) is 0 Å². The van der Waals surface area contributed by atoms with Crippen molar-refractivity contribution in [2.24, 2.45) is 5.92 Å². The normalized spacial score (nSPS) is 19.4. The molecule has 2 aromatic heterocycles. The molecule has 0 radical (unpaired) electrons. The third-order valence-electron chi connectivity index (χ3n) is 4.63. The molecule has 3 rings (SSSR count). The third kappa shape index (κ3) is 3.99. The highest BCUT2D eigenvalue weighted by Crippen LogP contribution is 2.36. The average Bonchev–Trinajstić information content (AvgIpc) is 3.09. The molecule has 0 aromatic carbocycles. The molecule has 0 aliphatic heterocycles. The van der Waals surface area contributed by atoms with E-state index in [1.165, 1.54) is 0 Å². The van der Waals surface area contributed by atoms with Gasteiger partial charge in [0.1, 0.15) is 11.0 Å². The van der Waals surface area contributed by atoms with Crippen molar-refractivity contribution in [3.63, 3.8) is 0 Å². The lowest BCUT2D eigenvalue weighted by molar-refractivity contribution is 0.229. The van der Waals surface area contributed by atoms with Crippen LogP contribution in [0.5, 0.6) is 5.88 Å². The predicted molar refractivity (Wildman–Crippen MR) is 103 cm³/mol. The van der Waals surface area contributed by atoms with Crippen LogP contribution in [0, 0.1) is 5.92 Å². The number of hydrogen-bond acceptors (Lipinski definition) is 7. The Morgan fingerprint density at radius 1 is 1.31 bits per heavy atom. The third-order valence-corrected chi connectivity index (χ3v) is 4.90. The van der Waals surface area contributed by atoms with Gasteiger partial charge in [-0.1, -0.05) is 11.6 Å². The topological polar surface area (TPSA) is 83.4 Å². The molecule has 2 aromatic rings.